The van der Waals surface area contributed by atoms with E-state index < -0.39 is 0 Å². The van der Waals surface area contributed by atoms with Crippen molar-refractivity contribution in [1.29, 1.82) is 0 Å². The van der Waals surface area contributed by atoms with Crippen molar-refractivity contribution in [3.05, 3.63) is 39.6 Å². The first-order valence-corrected chi connectivity index (χ1v) is 6.31. The normalized spacial score (nSPS) is 10.3. The summed E-state index contributed by atoms with van der Waals surface area (Å²) in [4.78, 5) is 7.01. The van der Waals surface area contributed by atoms with Gasteiger partial charge in [-0.2, -0.15) is 4.98 Å². The van der Waals surface area contributed by atoms with Gasteiger partial charge in [-0.3, -0.25) is 0 Å². The van der Waals surface area contributed by atoms with Crippen molar-refractivity contribution in [3.8, 4) is 5.88 Å². The number of ether oxygens (including phenoxy) is 1. The van der Waals surface area contributed by atoms with Crippen LogP contribution in [0, 0.1) is 13.8 Å². The van der Waals surface area contributed by atoms with E-state index in [4.69, 9.17) is 4.74 Å². The molecule has 2 aromatic heterocycles. The summed E-state index contributed by atoms with van der Waals surface area (Å²) in [7, 11) is 1.62. The second-order valence-electron chi connectivity index (χ2n) is 3.87. The van der Waals surface area contributed by atoms with Crippen molar-refractivity contribution in [2.45, 2.75) is 20.4 Å². The van der Waals surface area contributed by atoms with Gasteiger partial charge in [-0.15, -0.1) is 11.3 Å². The molecular weight excluding hydrogens is 232 g/mol. The van der Waals surface area contributed by atoms with E-state index in [1.807, 2.05) is 29.5 Å². The summed E-state index contributed by atoms with van der Waals surface area (Å²) in [6.07, 6.45) is 0. The molecule has 0 fully saturated rings. The van der Waals surface area contributed by atoms with Crippen LogP contribution in [0.15, 0.2) is 24.3 Å². The molecule has 0 spiro atoms. The van der Waals surface area contributed by atoms with Crippen LogP contribution in [0.1, 0.15) is 15.3 Å². The summed E-state index contributed by atoms with van der Waals surface area (Å²) in [6.45, 7) is 5.09. The van der Waals surface area contributed by atoms with E-state index in [0.717, 1.165) is 12.4 Å². The largest absolute Gasteiger partial charge is 0.481 e. The van der Waals surface area contributed by atoms with Crippen LogP contribution in [0.3, 0.4) is 0 Å². The Morgan fingerprint density at radius 1 is 1.35 bits per heavy atom. The highest BCUT2D eigenvalue weighted by molar-refractivity contribution is 7.12. The molecule has 17 heavy (non-hydrogen) atoms. The molecule has 2 heterocycles. The molecule has 0 aromatic carbocycles. The molecule has 0 radical (unpaired) electrons. The predicted molar refractivity (Wildman–Crippen MR) is 71.9 cm³/mol. The average Bonchev–Trinajstić information content (AvgIpc) is 2.67. The zero-order chi connectivity index (χ0) is 12.3. The summed E-state index contributed by atoms with van der Waals surface area (Å²) in [5, 5.41) is 3.30. The zero-order valence-electron chi connectivity index (χ0n) is 10.3. The van der Waals surface area contributed by atoms with Crippen LogP contribution >= 0.6 is 11.3 Å². The second-order valence-corrected chi connectivity index (χ2v) is 5.21. The van der Waals surface area contributed by atoms with Gasteiger partial charge in [-0.1, -0.05) is 6.07 Å². The maximum Gasteiger partial charge on any atom is 0.214 e. The van der Waals surface area contributed by atoms with Gasteiger partial charge in [0, 0.05) is 15.8 Å². The van der Waals surface area contributed by atoms with Gasteiger partial charge in [0.1, 0.15) is 5.82 Å². The molecule has 0 amide bonds. The molecule has 0 atom stereocenters. The number of rotatable bonds is 4. The van der Waals surface area contributed by atoms with Crippen molar-refractivity contribution < 1.29 is 4.74 Å². The Hall–Kier alpha value is -1.55. The monoisotopic (exact) mass is 248 g/mol. The number of aromatic nitrogens is 1. The van der Waals surface area contributed by atoms with E-state index >= 15 is 0 Å². The lowest BCUT2D eigenvalue weighted by Crippen LogP contribution is -2.00. The summed E-state index contributed by atoms with van der Waals surface area (Å²) < 4.78 is 5.08. The maximum atomic E-state index is 5.08. The van der Waals surface area contributed by atoms with Crippen LogP contribution < -0.4 is 10.1 Å². The lowest BCUT2D eigenvalue weighted by molar-refractivity contribution is 0.398. The topological polar surface area (TPSA) is 34.1 Å². The fourth-order valence-electron chi connectivity index (χ4n) is 1.54. The Morgan fingerprint density at radius 2 is 2.18 bits per heavy atom. The van der Waals surface area contributed by atoms with Crippen molar-refractivity contribution in [3.63, 3.8) is 0 Å². The fourth-order valence-corrected chi connectivity index (χ4v) is 2.53. The van der Waals surface area contributed by atoms with Crippen LogP contribution in [0.2, 0.25) is 0 Å². The summed E-state index contributed by atoms with van der Waals surface area (Å²) in [5.74, 6) is 1.47. The van der Waals surface area contributed by atoms with Gasteiger partial charge in [0.25, 0.3) is 0 Å². The van der Waals surface area contributed by atoms with Crippen molar-refractivity contribution in [2.24, 2.45) is 0 Å². The van der Waals surface area contributed by atoms with Gasteiger partial charge >= 0.3 is 0 Å². The number of pyridine rings is 1. The van der Waals surface area contributed by atoms with Gasteiger partial charge in [0.15, 0.2) is 0 Å². The van der Waals surface area contributed by atoms with Gasteiger partial charge in [0.2, 0.25) is 5.88 Å². The fraction of sp³-hybridized carbons (Fsp3) is 0.308. The second kappa shape index (κ2) is 5.19. The van der Waals surface area contributed by atoms with E-state index in [-0.39, 0.29) is 0 Å². The first-order valence-electron chi connectivity index (χ1n) is 5.50. The maximum absolute atomic E-state index is 5.08. The van der Waals surface area contributed by atoms with E-state index in [1.165, 1.54) is 15.3 Å². The number of thiophene rings is 1. The van der Waals surface area contributed by atoms with Crippen molar-refractivity contribution >= 4 is 17.2 Å². The van der Waals surface area contributed by atoms with E-state index in [9.17, 15) is 0 Å². The SMILES string of the molecule is COc1cccc(NCc2cc(C)c(C)s2)n1. The summed E-state index contributed by atoms with van der Waals surface area (Å²) in [5.41, 5.74) is 1.35. The van der Waals surface area contributed by atoms with Crippen LogP contribution in [-0.2, 0) is 6.54 Å². The van der Waals surface area contributed by atoms with Crippen molar-refractivity contribution in [1.82, 2.24) is 4.98 Å². The third-order valence-corrected chi connectivity index (χ3v) is 3.75. The number of nitrogens with one attached hydrogen (secondary N) is 1. The minimum absolute atomic E-state index is 0.633. The molecule has 0 aliphatic heterocycles. The number of anilines is 1. The molecule has 3 nitrogen and oxygen atoms in total. The quantitative estimate of drug-likeness (QED) is 0.900. The lowest BCUT2D eigenvalue weighted by atomic mass is 10.3. The molecule has 0 bridgehead atoms. The van der Waals surface area contributed by atoms with Gasteiger partial charge in [0.05, 0.1) is 13.7 Å². The molecule has 0 aliphatic rings. The van der Waals surface area contributed by atoms with E-state index in [0.29, 0.717) is 5.88 Å². The average molecular weight is 248 g/mol. The summed E-state index contributed by atoms with van der Waals surface area (Å²) >= 11 is 1.82. The van der Waals surface area contributed by atoms with Gasteiger partial charge in [-0.25, -0.2) is 0 Å². The predicted octanol–water partition coefficient (Wildman–Crippen LogP) is 3.38. The molecular formula is C13H16N2OS. The molecule has 1 N–H and O–H groups in total. The van der Waals surface area contributed by atoms with Crippen LogP contribution in [0.4, 0.5) is 5.82 Å². The Labute approximate surface area is 105 Å². The Morgan fingerprint density at radius 3 is 2.82 bits per heavy atom. The molecule has 2 aromatic rings. The molecule has 4 heteroatoms. The van der Waals surface area contributed by atoms with E-state index in [2.05, 4.69) is 30.2 Å². The first-order chi connectivity index (χ1) is 8.19. The van der Waals surface area contributed by atoms with Gasteiger partial charge < -0.3 is 10.1 Å². The number of nitrogens with zero attached hydrogens (tertiary/aromatic N) is 1. The minimum Gasteiger partial charge on any atom is -0.481 e. The smallest absolute Gasteiger partial charge is 0.214 e. The van der Waals surface area contributed by atoms with Crippen LogP contribution in [0.25, 0.3) is 0 Å². The number of methoxy groups -OCH3 is 1. The number of hydrogen-bond acceptors (Lipinski definition) is 4. The molecule has 0 saturated carbocycles. The zero-order valence-corrected chi connectivity index (χ0v) is 11.1. The lowest BCUT2D eigenvalue weighted by Gasteiger charge is -2.05. The molecule has 0 saturated heterocycles. The highest BCUT2D eigenvalue weighted by Crippen LogP contribution is 2.21. The molecule has 2 rings (SSSR count). The highest BCUT2D eigenvalue weighted by atomic mass is 32.1. The number of hydrogen-bond donors (Lipinski definition) is 1. The van der Waals surface area contributed by atoms with Crippen molar-refractivity contribution in [2.75, 3.05) is 12.4 Å². The third kappa shape index (κ3) is 2.97. The van der Waals surface area contributed by atoms with E-state index in [1.54, 1.807) is 7.11 Å². The highest BCUT2D eigenvalue weighted by Gasteiger charge is 2.02. The molecule has 0 unspecified atom stereocenters. The molecule has 90 valence electrons. The van der Waals surface area contributed by atoms with Crippen LogP contribution in [0.5, 0.6) is 5.88 Å². The minimum atomic E-state index is 0.633. The Bertz CT molecular complexity index is 488. The van der Waals surface area contributed by atoms with Gasteiger partial charge in [-0.05, 0) is 31.5 Å². The first kappa shape index (κ1) is 11.9. The Balaban J connectivity index is 2.01. The molecule has 0 aliphatic carbocycles. The standard InChI is InChI=1S/C13H16N2OS/c1-9-7-11(17-10(9)2)8-14-12-5-4-6-13(15-12)16-3/h4-7H,8H2,1-3H3,(H,14,15). The number of aryl methyl sites for hydroxylation is 2. The Kier molecular flexibility index (Phi) is 3.64. The third-order valence-electron chi connectivity index (χ3n) is 2.59. The summed E-state index contributed by atoms with van der Waals surface area (Å²) in [6, 6.07) is 7.92. The van der Waals surface area contributed by atoms with Crippen LogP contribution in [-0.4, -0.2) is 12.1 Å².